The Kier molecular flexibility index (Phi) is 5.31. The summed E-state index contributed by atoms with van der Waals surface area (Å²) >= 11 is 0. The highest BCUT2D eigenvalue weighted by atomic mass is 16.2. The third-order valence-corrected chi connectivity index (χ3v) is 3.01. The molecule has 0 aliphatic rings. The van der Waals surface area contributed by atoms with E-state index in [9.17, 15) is 14.4 Å². The van der Waals surface area contributed by atoms with Crippen LogP contribution < -0.4 is 16.2 Å². The van der Waals surface area contributed by atoms with Crippen molar-refractivity contribution in [3.8, 4) is 11.8 Å². The molecule has 6 heteroatoms. The summed E-state index contributed by atoms with van der Waals surface area (Å²) in [4.78, 5) is 36.9. The fourth-order valence-corrected chi connectivity index (χ4v) is 1.84. The van der Waals surface area contributed by atoms with Crippen molar-refractivity contribution in [2.45, 2.75) is 0 Å². The number of hydrogen-bond acceptors (Lipinski definition) is 3. The average Bonchev–Trinajstić information content (AvgIpc) is 2.58. The summed E-state index contributed by atoms with van der Waals surface area (Å²) < 4.78 is 0. The number of rotatable bonds is 3. The van der Waals surface area contributed by atoms with Gasteiger partial charge in [-0.2, -0.15) is 0 Å². The van der Waals surface area contributed by atoms with Gasteiger partial charge in [-0.15, -0.1) is 0 Å². The molecule has 1 heterocycles. The van der Waals surface area contributed by atoms with Crippen molar-refractivity contribution in [2.75, 3.05) is 13.6 Å². The van der Waals surface area contributed by atoms with Gasteiger partial charge in [0.15, 0.2) is 0 Å². The highest BCUT2D eigenvalue weighted by molar-refractivity contribution is 5.96. The van der Waals surface area contributed by atoms with Crippen LogP contribution in [0.3, 0.4) is 0 Å². The summed E-state index contributed by atoms with van der Waals surface area (Å²) in [5.74, 6) is 5.11. The van der Waals surface area contributed by atoms with Crippen molar-refractivity contribution in [2.24, 2.45) is 0 Å². The zero-order valence-corrected chi connectivity index (χ0v) is 12.5. The first kappa shape index (κ1) is 16.0. The van der Waals surface area contributed by atoms with Gasteiger partial charge in [-0.1, -0.05) is 24.0 Å². The summed E-state index contributed by atoms with van der Waals surface area (Å²) in [7, 11) is 1.55. The zero-order valence-electron chi connectivity index (χ0n) is 12.5. The van der Waals surface area contributed by atoms with E-state index >= 15 is 0 Å². The quantitative estimate of drug-likeness (QED) is 0.722. The largest absolute Gasteiger partial charge is 0.355 e. The van der Waals surface area contributed by atoms with Gasteiger partial charge in [-0.3, -0.25) is 14.4 Å². The first-order valence-corrected chi connectivity index (χ1v) is 6.88. The Morgan fingerprint density at radius 2 is 1.91 bits per heavy atom. The van der Waals surface area contributed by atoms with Crippen LogP contribution in [0.15, 0.2) is 47.4 Å². The van der Waals surface area contributed by atoms with Crippen molar-refractivity contribution in [3.05, 3.63) is 69.6 Å². The van der Waals surface area contributed by atoms with Gasteiger partial charge < -0.3 is 15.6 Å². The smallest absolute Gasteiger partial charge is 0.253 e. The molecular formula is C17H15N3O3. The summed E-state index contributed by atoms with van der Waals surface area (Å²) in [6.45, 7) is 0.125. The van der Waals surface area contributed by atoms with Crippen LogP contribution in [0.5, 0.6) is 0 Å². The van der Waals surface area contributed by atoms with E-state index in [2.05, 4.69) is 27.5 Å². The first-order valence-electron chi connectivity index (χ1n) is 6.88. The van der Waals surface area contributed by atoms with E-state index in [1.165, 1.54) is 18.3 Å². The van der Waals surface area contributed by atoms with E-state index < -0.39 is 0 Å². The lowest BCUT2D eigenvalue weighted by atomic mass is 10.1. The Morgan fingerprint density at radius 3 is 2.61 bits per heavy atom. The first-order chi connectivity index (χ1) is 11.1. The van der Waals surface area contributed by atoms with Gasteiger partial charge in [0.05, 0.1) is 17.7 Å². The maximum Gasteiger partial charge on any atom is 0.253 e. The van der Waals surface area contributed by atoms with Gasteiger partial charge in [0, 0.05) is 24.9 Å². The van der Waals surface area contributed by atoms with Gasteiger partial charge in [-0.25, -0.2) is 0 Å². The second-order valence-electron chi connectivity index (χ2n) is 4.55. The third-order valence-electron chi connectivity index (χ3n) is 3.01. The van der Waals surface area contributed by atoms with Crippen LogP contribution in [0, 0.1) is 11.8 Å². The van der Waals surface area contributed by atoms with Gasteiger partial charge >= 0.3 is 0 Å². The molecule has 3 N–H and O–H groups in total. The maximum absolute atomic E-state index is 11.8. The van der Waals surface area contributed by atoms with Gasteiger partial charge in [-0.05, 0) is 18.2 Å². The number of carbonyl (C=O) groups excluding carboxylic acids is 2. The molecule has 23 heavy (non-hydrogen) atoms. The van der Waals surface area contributed by atoms with Crippen LogP contribution in [-0.2, 0) is 0 Å². The number of aromatic nitrogens is 1. The highest BCUT2D eigenvalue weighted by Gasteiger charge is 2.06. The molecule has 0 aliphatic heterocycles. The average molecular weight is 309 g/mol. The maximum atomic E-state index is 11.8. The predicted octanol–water partition coefficient (Wildman–Crippen LogP) is 0.516. The molecule has 0 unspecified atom stereocenters. The van der Waals surface area contributed by atoms with Crippen molar-refractivity contribution in [3.63, 3.8) is 0 Å². The molecule has 0 saturated carbocycles. The lowest BCUT2D eigenvalue weighted by molar-refractivity contribution is 0.0952. The molecule has 0 saturated heterocycles. The molecule has 2 rings (SSSR count). The van der Waals surface area contributed by atoms with Gasteiger partial charge in [0.2, 0.25) is 5.56 Å². The van der Waals surface area contributed by atoms with Gasteiger partial charge in [0.25, 0.3) is 11.8 Å². The monoisotopic (exact) mass is 309 g/mol. The van der Waals surface area contributed by atoms with Crippen molar-refractivity contribution in [1.29, 1.82) is 0 Å². The second kappa shape index (κ2) is 7.61. The summed E-state index contributed by atoms with van der Waals surface area (Å²) in [5.41, 5.74) is 1.14. The Labute approximate surface area is 132 Å². The van der Waals surface area contributed by atoms with E-state index in [1.54, 1.807) is 31.3 Å². The molecule has 0 radical (unpaired) electrons. The lowest BCUT2D eigenvalue weighted by Crippen LogP contribution is -2.24. The molecule has 0 aliphatic carbocycles. The Bertz CT molecular complexity index is 823. The molecular weight excluding hydrogens is 294 g/mol. The fraction of sp³-hybridized carbons (Fsp3) is 0.118. The minimum atomic E-state index is -0.338. The number of carbonyl (C=O) groups is 2. The van der Waals surface area contributed by atoms with Crippen LogP contribution in [0.2, 0.25) is 0 Å². The molecule has 0 bridgehead atoms. The molecule has 2 aromatic rings. The van der Waals surface area contributed by atoms with Crippen LogP contribution in [0.4, 0.5) is 0 Å². The Balaban J connectivity index is 2.01. The fourth-order valence-electron chi connectivity index (χ4n) is 1.84. The molecule has 1 aromatic heterocycles. The van der Waals surface area contributed by atoms with E-state index in [4.69, 9.17) is 0 Å². The van der Waals surface area contributed by atoms with Crippen LogP contribution in [0.25, 0.3) is 0 Å². The third kappa shape index (κ3) is 4.32. The zero-order chi connectivity index (χ0) is 16.7. The van der Waals surface area contributed by atoms with Crippen LogP contribution in [0.1, 0.15) is 26.3 Å². The molecule has 0 fully saturated rings. The van der Waals surface area contributed by atoms with E-state index in [-0.39, 0.29) is 23.9 Å². The highest BCUT2D eigenvalue weighted by Crippen LogP contribution is 2.06. The number of aromatic amines is 1. The standard InChI is InChI=1S/C17H15N3O3/c1-18-17(23)14-7-3-2-5-12(14)6-4-10-19-16(22)13-8-9-15(21)20-11-13/h2-3,5,7-9,11H,10H2,1H3,(H,18,23)(H,19,22)(H,20,21). The molecule has 0 spiro atoms. The second-order valence-corrected chi connectivity index (χ2v) is 4.55. The van der Waals surface area contributed by atoms with E-state index in [0.29, 0.717) is 16.7 Å². The van der Waals surface area contributed by atoms with Crippen LogP contribution in [-0.4, -0.2) is 30.4 Å². The number of nitrogens with one attached hydrogen (secondary N) is 3. The van der Waals surface area contributed by atoms with E-state index in [1.807, 2.05) is 0 Å². The number of amides is 2. The Hall–Kier alpha value is -3.33. The SMILES string of the molecule is CNC(=O)c1ccccc1C#CCNC(=O)c1ccc(=O)[nH]c1. The van der Waals surface area contributed by atoms with Crippen molar-refractivity contribution in [1.82, 2.24) is 15.6 Å². The topological polar surface area (TPSA) is 91.1 Å². The number of H-pyrrole nitrogens is 1. The summed E-state index contributed by atoms with van der Waals surface area (Å²) in [6, 6.07) is 9.68. The summed E-state index contributed by atoms with van der Waals surface area (Å²) in [5, 5.41) is 5.17. The predicted molar refractivity (Wildman–Crippen MR) is 86.1 cm³/mol. The number of benzene rings is 1. The van der Waals surface area contributed by atoms with E-state index in [0.717, 1.165) is 0 Å². The number of hydrogen-bond donors (Lipinski definition) is 3. The minimum Gasteiger partial charge on any atom is -0.355 e. The molecule has 0 atom stereocenters. The van der Waals surface area contributed by atoms with Gasteiger partial charge in [0.1, 0.15) is 0 Å². The summed E-state index contributed by atoms with van der Waals surface area (Å²) in [6.07, 6.45) is 1.34. The molecule has 116 valence electrons. The normalized spacial score (nSPS) is 9.43. The van der Waals surface area contributed by atoms with Crippen LogP contribution >= 0.6 is 0 Å². The molecule has 6 nitrogen and oxygen atoms in total. The number of pyridine rings is 1. The molecule has 2 amide bonds. The lowest BCUT2D eigenvalue weighted by Gasteiger charge is -2.02. The van der Waals surface area contributed by atoms with Crippen molar-refractivity contribution < 1.29 is 9.59 Å². The van der Waals surface area contributed by atoms with Crippen molar-refractivity contribution >= 4 is 11.8 Å². The molecule has 1 aromatic carbocycles. The minimum absolute atomic E-state index is 0.125. The Morgan fingerprint density at radius 1 is 1.13 bits per heavy atom.